The van der Waals surface area contributed by atoms with Crippen LogP contribution in [-0.4, -0.2) is 29.6 Å². The Kier molecular flexibility index (Phi) is 3.63. The number of aromatic carboxylic acids is 1. The molecule has 1 saturated carbocycles. The minimum Gasteiger partial charge on any atom is -0.492 e. The molecule has 0 spiro atoms. The number of carbonyl (C=O) groups excluding carboxylic acids is 1. The molecule has 0 aromatic carbocycles. The molecule has 0 radical (unpaired) electrons. The van der Waals surface area contributed by atoms with Gasteiger partial charge in [-0.05, 0) is 12.8 Å². The molecule has 1 fully saturated rings. The first-order chi connectivity index (χ1) is 8.15. The number of rotatable bonds is 6. The number of carbonyl (C=O) groups is 2. The molecule has 0 aliphatic heterocycles. The van der Waals surface area contributed by atoms with Crippen LogP contribution in [0.4, 0.5) is 0 Å². The largest absolute Gasteiger partial charge is 0.492 e. The van der Waals surface area contributed by atoms with Gasteiger partial charge in [0.2, 0.25) is 5.91 Å². The zero-order valence-electron chi connectivity index (χ0n) is 9.14. The lowest BCUT2D eigenvalue weighted by molar-refractivity contribution is -0.121. The predicted octanol–water partition coefficient (Wildman–Crippen LogP) is 1.49. The fraction of sp³-hybridized carbons (Fsp3) is 0.455. The fourth-order valence-electron chi connectivity index (χ4n) is 1.30. The van der Waals surface area contributed by atoms with E-state index in [-0.39, 0.29) is 17.4 Å². The maximum absolute atomic E-state index is 11.3. The monoisotopic (exact) mass is 255 g/mol. The van der Waals surface area contributed by atoms with E-state index in [0.717, 1.165) is 24.2 Å². The van der Waals surface area contributed by atoms with Crippen molar-refractivity contribution in [2.24, 2.45) is 0 Å². The molecule has 1 amide bonds. The maximum atomic E-state index is 11.3. The topological polar surface area (TPSA) is 75.6 Å². The van der Waals surface area contributed by atoms with Crippen molar-refractivity contribution in [1.29, 1.82) is 0 Å². The van der Waals surface area contributed by atoms with Gasteiger partial charge in [0.25, 0.3) is 0 Å². The summed E-state index contributed by atoms with van der Waals surface area (Å²) in [6, 6.07) is 1.83. The number of ether oxygens (including phenoxy) is 1. The third-order valence-corrected chi connectivity index (χ3v) is 3.22. The van der Waals surface area contributed by atoms with E-state index in [1.165, 1.54) is 6.07 Å². The van der Waals surface area contributed by atoms with Gasteiger partial charge in [0.15, 0.2) is 0 Å². The highest BCUT2D eigenvalue weighted by Gasteiger charge is 2.22. The van der Waals surface area contributed by atoms with E-state index >= 15 is 0 Å². The standard InChI is InChI=1S/C11H13NO4S/c13-10(12-7-1-2-7)3-4-16-8-5-9(11(14)15)17-6-8/h5-7H,1-4H2,(H,12,13)(H,14,15). The summed E-state index contributed by atoms with van der Waals surface area (Å²) < 4.78 is 5.30. The fourth-order valence-corrected chi connectivity index (χ4v) is 1.96. The van der Waals surface area contributed by atoms with Gasteiger partial charge in [-0.15, -0.1) is 11.3 Å². The van der Waals surface area contributed by atoms with Crippen LogP contribution in [0.25, 0.3) is 0 Å². The summed E-state index contributed by atoms with van der Waals surface area (Å²) >= 11 is 1.11. The van der Waals surface area contributed by atoms with Crippen molar-refractivity contribution in [3.8, 4) is 5.75 Å². The number of hydrogen-bond acceptors (Lipinski definition) is 4. The lowest BCUT2D eigenvalue weighted by Gasteiger charge is -2.04. The van der Waals surface area contributed by atoms with Gasteiger partial charge in [0, 0.05) is 17.5 Å². The van der Waals surface area contributed by atoms with Crippen molar-refractivity contribution >= 4 is 23.2 Å². The summed E-state index contributed by atoms with van der Waals surface area (Å²) in [6.07, 6.45) is 2.44. The van der Waals surface area contributed by atoms with Gasteiger partial charge in [-0.1, -0.05) is 0 Å². The van der Waals surface area contributed by atoms with Gasteiger partial charge in [0.1, 0.15) is 10.6 Å². The Bertz CT molecular complexity index is 425. The van der Waals surface area contributed by atoms with Crippen LogP contribution in [0.2, 0.25) is 0 Å². The molecule has 1 aromatic heterocycles. The van der Waals surface area contributed by atoms with Crippen LogP contribution in [-0.2, 0) is 4.79 Å². The minimum atomic E-state index is -0.962. The zero-order valence-corrected chi connectivity index (χ0v) is 9.96. The molecule has 2 N–H and O–H groups in total. The van der Waals surface area contributed by atoms with Crippen LogP contribution in [0.1, 0.15) is 28.9 Å². The summed E-state index contributed by atoms with van der Waals surface area (Å²) in [5.41, 5.74) is 0. The molecule has 0 unspecified atom stereocenters. The van der Waals surface area contributed by atoms with E-state index in [9.17, 15) is 9.59 Å². The second-order valence-electron chi connectivity index (χ2n) is 3.89. The van der Waals surface area contributed by atoms with Gasteiger partial charge in [0.05, 0.1) is 13.0 Å². The molecule has 1 aliphatic carbocycles. The minimum absolute atomic E-state index is 0.0128. The average Bonchev–Trinajstić information content (AvgIpc) is 2.94. The van der Waals surface area contributed by atoms with E-state index < -0.39 is 5.97 Å². The number of thiophene rings is 1. The number of hydrogen-bond donors (Lipinski definition) is 2. The molecule has 92 valence electrons. The first-order valence-electron chi connectivity index (χ1n) is 5.39. The molecular formula is C11H13NO4S. The molecule has 2 rings (SSSR count). The molecule has 0 atom stereocenters. The SMILES string of the molecule is O=C(CCOc1csc(C(=O)O)c1)NC1CC1. The van der Waals surface area contributed by atoms with Crippen molar-refractivity contribution in [2.75, 3.05) is 6.61 Å². The van der Waals surface area contributed by atoms with Crippen molar-refractivity contribution in [3.05, 3.63) is 16.3 Å². The van der Waals surface area contributed by atoms with Crippen molar-refractivity contribution in [2.45, 2.75) is 25.3 Å². The van der Waals surface area contributed by atoms with Crippen LogP contribution in [0, 0.1) is 0 Å². The Balaban J connectivity index is 1.69. The quantitative estimate of drug-likeness (QED) is 0.807. The van der Waals surface area contributed by atoms with Crippen molar-refractivity contribution in [1.82, 2.24) is 5.32 Å². The lowest BCUT2D eigenvalue weighted by Crippen LogP contribution is -2.26. The van der Waals surface area contributed by atoms with Gasteiger partial charge in [-0.25, -0.2) is 4.79 Å². The second kappa shape index (κ2) is 5.18. The Hall–Kier alpha value is -1.56. The molecule has 5 nitrogen and oxygen atoms in total. The van der Waals surface area contributed by atoms with Gasteiger partial charge in [-0.3, -0.25) is 4.79 Å². The van der Waals surface area contributed by atoms with Crippen molar-refractivity contribution in [3.63, 3.8) is 0 Å². The zero-order chi connectivity index (χ0) is 12.3. The number of amides is 1. The van der Waals surface area contributed by atoms with E-state index in [2.05, 4.69) is 5.32 Å². The summed E-state index contributed by atoms with van der Waals surface area (Å²) in [5, 5.41) is 13.2. The number of carboxylic acid groups (broad SMARTS) is 1. The molecule has 1 aliphatic rings. The van der Waals surface area contributed by atoms with Gasteiger partial charge in [-0.2, -0.15) is 0 Å². The molecule has 17 heavy (non-hydrogen) atoms. The summed E-state index contributed by atoms with van der Waals surface area (Å²) in [5.74, 6) is -0.468. The summed E-state index contributed by atoms with van der Waals surface area (Å²) in [4.78, 5) is 22.2. The van der Waals surface area contributed by atoms with Crippen LogP contribution in [0.15, 0.2) is 11.4 Å². The summed E-state index contributed by atoms with van der Waals surface area (Å²) in [7, 11) is 0. The van der Waals surface area contributed by atoms with Crippen LogP contribution in [0.5, 0.6) is 5.75 Å². The van der Waals surface area contributed by atoms with Crippen molar-refractivity contribution < 1.29 is 19.4 Å². The first kappa shape index (κ1) is 11.9. The highest BCUT2D eigenvalue weighted by molar-refractivity contribution is 7.12. The Morgan fingerprint density at radius 3 is 2.88 bits per heavy atom. The average molecular weight is 255 g/mol. The third kappa shape index (κ3) is 3.74. The van der Waals surface area contributed by atoms with Gasteiger partial charge < -0.3 is 15.2 Å². The van der Waals surface area contributed by atoms with E-state index in [0.29, 0.717) is 18.2 Å². The van der Waals surface area contributed by atoms with Crippen LogP contribution >= 0.6 is 11.3 Å². The Morgan fingerprint density at radius 1 is 1.53 bits per heavy atom. The molecule has 0 bridgehead atoms. The van der Waals surface area contributed by atoms with Crippen LogP contribution in [0.3, 0.4) is 0 Å². The number of nitrogens with one attached hydrogen (secondary N) is 1. The summed E-state index contributed by atoms with van der Waals surface area (Å²) in [6.45, 7) is 0.272. The highest BCUT2D eigenvalue weighted by atomic mass is 32.1. The van der Waals surface area contributed by atoms with Gasteiger partial charge >= 0.3 is 5.97 Å². The predicted molar refractivity (Wildman–Crippen MR) is 62.6 cm³/mol. The lowest BCUT2D eigenvalue weighted by atomic mass is 10.4. The maximum Gasteiger partial charge on any atom is 0.346 e. The van der Waals surface area contributed by atoms with E-state index in [4.69, 9.17) is 9.84 Å². The van der Waals surface area contributed by atoms with E-state index in [1.807, 2.05) is 0 Å². The number of carboxylic acids is 1. The second-order valence-corrected chi connectivity index (χ2v) is 4.80. The molecule has 1 aromatic rings. The van der Waals surface area contributed by atoms with E-state index in [1.54, 1.807) is 5.38 Å². The smallest absolute Gasteiger partial charge is 0.346 e. The van der Waals surface area contributed by atoms with Crippen LogP contribution < -0.4 is 10.1 Å². The molecule has 0 saturated heterocycles. The normalized spacial score (nSPS) is 14.4. The first-order valence-corrected chi connectivity index (χ1v) is 6.27. The Morgan fingerprint density at radius 2 is 2.29 bits per heavy atom. The third-order valence-electron chi connectivity index (χ3n) is 2.33. The molecule has 6 heteroatoms. The molecular weight excluding hydrogens is 242 g/mol. The highest BCUT2D eigenvalue weighted by Crippen LogP contribution is 2.22. The Labute approximate surface area is 102 Å². The molecule has 1 heterocycles.